The smallest absolute Gasteiger partial charge is 0.196 e. The van der Waals surface area contributed by atoms with E-state index in [1.54, 1.807) is 6.92 Å². The highest BCUT2D eigenvalue weighted by Gasteiger charge is 2.28. The van der Waals surface area contributed by atoms with Gasteiger partial charge in [0.25, 0.3) is 0 Å². The van der Waals surface area contributed by atoms with Crippen molar-refractivity contribution >= 4 is 11.5 Å². The van der Waals surface area contributed by atoms with Crippen molar-refractivity contribution in [3.8, 4) is 0 Å². The Morgan fingerprint density at radius 3 is 2.76 bits per heavy atom. The standard InChI is InChI=1S/C12H18FN5O3/c1-6(13)10(20)9(4-19)21-7(2)8-3-15-12-11(14)16-5-17-18(8)12/h3,5-7,9-10,19-20H,4H2,1-2H3,(H2,14,16,17)/t6?,7?,9-,10+/m1/s1. The van der Waals surface area contributed by atoms with E-state index in [-0.39, 0.29) is 5.82 Å². The Morgan fingerprint density at radius 2 is 2.14 bits per heavy atom. The molecule has 0 saturated carbocycles. The van der Waals surface area contributed by atoms with E-state index < -0.39 is 31.1 Å². The fourth-order valence-electron chi connectivity index (χ4n) is 1.99. The number of ether oxygens (including phenoxy) is 1. The number of rotatable bonds is 6. The number of aliphatic hydroxyl groups is 2. The first-order valence-corrected chi connectivity index (χ1v) is 6.48. The molecule has 0 aliphatic rings. The molecule has 0 aromatic carbocycles. The lowest BCUT2D eigenvalue weighted by molar-refractivity contribution is -0.113. The van der Waals surface area contributed by atoms with Gasteiger partial charge in [-0.1, -0.05) is 0 Å². The second-order valence-corrected chi connectivity index (χ2v) is 4.73. The Labute approximate surface area is 120 Å². The van der Waals surface area contributed by atoms with Crippen LogP contribution in [-0.4, -0.2) is 54.8 Å². The topological polar surface area (TPSA) is 119 Å². The van der Waals surface area contributed by atoms with Gasteiger partial charge in [-0.05, 0) is 13.8 Å². The van der Waals surface area contributed by atoms with Gasteiger partial charge < -0.3 is 20.7 Å². The Hall–Kier alpha value is -1.84. The Bertz CT molecular complexity index is 606. The van der Waals surface area contributed by atoms with Crippen molar-refractivity contribution in [3.63, 3.8) is 0 Å². The molecule has 0 amide bonds. The van der Waals surface area contributed by atoms with Crippen LogP contribution in [0, 0.1) is 0 Å². The number of fused-ring (bicyclic) bond motifs is 1. The zero-order valence-corrected chi connectivity index (χ0v) is 11.7. The van der Waals surface area contributed by atoms with Gasteiger partial charge in [0.15, 0.2) is 11.5 Å². The molecule has 8 nitrogen and oxygen atoms in total. The van der Waals surface area contributed by atoms with E-state index >= 15 is 0 Å². The van der Waals surface area contributed by atoms with E-state index in [0.29, 0.717) is 11.3 Å². The van der Waals surface area contributed by atoms with E-state index in [1.807, 2.05) is 0 Å². The first kappa shape index (κ1) is 15.5. The summed E-state index contributed by atoms with van der Waals surface area (Å²) in [5.41, 5.74) is 6.61. The molecule has 0 bridgehead atoms. The van der Waals surface area contributed by atoms with Crippen LogP contribution in [0.15, 0.2) is 12.5 Å². The minimum Gasteiger partial charge on any atom is -0.394 e. The van der Waals surface area contributed by atoms with Crippen LogP contribution in [-0.2, 0) is 4.74 Å². The third-order valence-electron chi connectivity index (χ3n) is 3.18. The lowest BCUT2D eigenvalue weighted by Gasteiger charge is -2.25. The van der Waals surface area contributed by atoms with E-state index in [2.05, 4.69) is 15.1 Å². The molecule has 0 aliphatic carbocycles. The molecule has 21 heavy (non-hydrogen) atoms. The highest BCUT2D eigenvalue weighted by Crippen LogP contribution is 2.22. The van der Waals surface area contributed by atoms with Crippen LogP contribution in [0.25, 0.3) is 5.65 Å². The van der Waals surface area contributed by atoms with Crippen molar-refractivity contribution in [2.75, 3.05) is 12.3 Å². The van der Waals surface area contributed by atoms with Crippen LogP contribution in [0.5, 0.6) is 0 Å². The number of alkyl halides is 1. The zero-order valence-electron chi connectivity index (χ0n) is 11.7. The number of aliphatic hydroxyl groups excluding tert-OH is 2. The maximum absolute atomic E-state index is 13.1. The molecule has 4 atom stereocenters. The van der Waals surface area contributed by atoms with Gasteiger partial charge in [-0.15, -0.1) is 0 Å². The van der Waals surface area contributed by atoms with Crippen molar-refractivity contribution in [1.29, 1.82) is 0 Å². The maximum Gasteiger partial charge on any atom is 0.196 e. The minimum atomic E-state index is -1.52. The third kappa shape index (κ3) is 3.09. The van der Waals surface area contributed by atoms with E-state index in [1.165, 1.54) is 24.0 Å². The summed E-state index contributed by atoms with van der Waals surface area (Å²) in [6.45, 7) is 2.37. The van der Waals surface area contributed by atoms with Crippen molar-refractivity contribution in [1.82, 2.24) is 19.6 Å². The summed E-state index contributed by atoms with van der Waals surface area (Å²) < 4.78 is 20.1. The van der Waals surface area contributed by atoms with Gasteiger partial charge in [0.05, 0.1) is 24.6 Å². The van der Waals surface area contributed by atoms with Crippen LogP contribution in [0.3, 0.4) is 0 Å². The van der Waals surface area contributed by atoms with Gasteiger partial charge in [0.2, 0.25) is 0 Å². The SMILES string of the molecule is CC(O[C@H](CO)[C@@H](O)C(C)F)c1cnc2c(N)ncnn12. The average molecular weight is 299 g/mol. The summed E-state index contributed by atoms with van der Waals surface area (Å²) in [7, 11) is 0. The zero-order chi connectivity index (χ0) is 15.6. The average Bonchev–Trinajstić information content (AvgIpc) is 2.89. The summed E-state index contributed by atoms with van der Waals surface area (Å²) in [5.74, 6) is 0.222. The molecular weight excluding hydrogens is 281 g/mol. The van der Waals surface area contributed by atoms with Crippen molar-refractivity contribution in [2.24, 2.45) is 0 Å². The first-order valence-electron chi connectivity index (χ1n) is 6.48. The molecule has 0 aliphatic heterocycles. The molecule has 2 aromatic heterocycles. The number of hydrogen-bond donors (Lipinski definition) is 3. The number of nitrogen functional groups attached to an aromatic ring is 1. The highest BCUT2D eigenvalue weighted by atomic mass is 19.1. The predicted octanol–water partition coefficient (Wildman–Crippen LogP) is -0.136. The van der Waals surface area contributed by atoms with Crippen molar-refractivity contribution < 1.29 is 19.3 Å². The monoisotopic (exact) mass is 299 g/mol. The van der Waals surface area contributed by atoms with Crippen LogP contribution < -0.4 is 5.73 Å². The Kier molecular flexibility index (Phi) is 4.66. The van der Waals surface area contributed by atoms with Crippen molar-refractivity contribution in [2.45, 2.75) is 38.3 Å². The number of halogens is 1. The van der Waals surface area contributed by atoms with Crippen LogP contribution >= 0.6 is 0 Å². The van der Waals surface area contributed by atoms with Crippen LogP contribution in [0.1, 0.15) is 25.6 Å². The number of nitrogens with zero attached hydrogens (tertiary/aromatic N) is 4. The molecule has 2 rings (SSSR count). The number of imidazole rings is 1. The number of nitrogens with two attached hydrogens (primary N) is 1. The molecule has 0 saturated heterocycles. The Balaban J connectivity index is 2.22. The first-order chi connectivity index (χ1) is 9.95. The molecule has 2 aromatic rings. The Morgan fingerprint density at radius 1 is 1.43 bits per heavy atom. The van der Waals surface area contributed by atoms with Crippen molar-refractivity contribution in [3.05, 3.63) is 18.2 Å². The number of hydrogen-bond acceptors (Lipinski definition) is 7. The summed E-state index contributed by atoms with van der Waals surface area (Å²) in [4.78, 5) is 7.91. The summed E-state index contributed by atoms with van der Waals surface area (Å²) >= 11 is 0. The molecule has 0 spiro atoms. The second kappa shape index (κ2) is 6.29. The van der Waals surface area contributed by atoms with Gasteiger partial charge >= 0.3 is 0 Å². The molecular formula is C12H18FN5O3. The maximum atomic E-state index is 13.1. The predicted molar refractivity (Wildman–Crippen MR) is 72.1 cm³/mol. The quantitative estimate of drug-likeness (QED) is 0.679. The van der Waals surface area contributed by atoms with Gasteiger partial charge in [0, 0.05) is 0 Å². The summed E-state index contributed by atoms with van der Waals surface area (Å²) in [6, 6.07) is 0. The van der Waals surface area contributed by atoms with E-state index in [9.17, 15) is 14.6 Å². The molecule has 0 fully saturated rings. The normalized spacial score (nSPS) is 17.6. The number of aromatic nitrogens is 4. The molecule has 2 unspecified atom stereocenters. The molecule has 0 radical (unpaired) electrons. The van der Waals surface area contributed by atoms with Gasteiger partial charge in [-0.25, -0.2) is 18.9 Å². The fraction of sp³-hybridized carbons (Fsp3) is 0.583. The molecule has 9 heteroatoms. The summed E-state index contributed by atoms with van der Waals surface area (Å²) in [5, 5.41) is 22.9. The van der Waals surface area contributed by atoms with Gasteiger partial charge in [-0.3, -0.25) is 0 Å². The van der Waals surface area contributed by atoms with Crippen LogP contribution in [0.4, 0.5) is 10.2 Å². The summed E-state index contributed by atoms with van der Waals surface area (Å²) in [6.07, 6.45) is -1.79. The van der Waals surface area contributed by atoms with E-state index in [0.717, 1.165) is 0 Å². The molecule has 116 valence electrons. The lowest BCUT2D eigenvalue weighted by atomic mass is 10.1. The lowest BCUT2D eigenvalue weighted by Crippen LogP contribution is -2.38. The van der Waals surface area contributed by atoms with Crippen LogP contribution in [0.2, 0.25) is 0 Å². The molecule has 2 heterocycles. The van der Waals surface area contributed by atoms with Gasteiger partial charge in [-0.2, -0.15) is 5.10 Å². The van der Waals surface area contributed by atoms with Gasteiger partial charge in [0.1, 0.15) is 24.7 Å². The van der Waals surface area contributed by atoms with E-state index in [4.69, 9.17) is 10.5 Å². The largest absolute Gasteiger partial charge is 0.394 e. The highest BCUT2D eigenvalue weighted by molar-refractivity contribution is 5.58. The third-order valence-corrected chi connectivity index (χ3v) is 3.18. The number of anilines is 1. The fourth-order valence-corrected chi connectivity index (χ4v) is 1.99. The second-order valence-electron chi connectivity index (χ2n) is 4.73. The minimum absolute atomic E-state index is 0.222. The molecule has 4 N–H and O–H groups in total.